The summed E-state index contributed by atoms with van der Waals surface area (Å²) in [5.41, 5.74) is 0.707. The Morgan fingerprint density at radius 1 is 1.36 bits per heavy atom. The molecule has 0 aliphatic carbocycles. The van der Waals surface area contributed by atoms with Gasteiger partial charge in [-0.1, -0.05) is 19.9 Å². The van der Waals surface area contributed by atoms with Crippen molar-refractivity contribution < 1.29 is 4.79 Å². The number of nitrogens with zero attached hydrogens (tertiary/aromatic N) is 5. The summed E-state index contributed by atoms with van der Waals surface area (Å²) >= 11 is 6.89. The Morgan fingerprint density at radius 3 is 2.89 bits per heavy atom. The molecule has 150 valence electrons. The zero-order chi connectivity index (χ0) is 19.9. The van der Waals surface area contributed by atoms with E-state index >= 15 is 0 Å². The molecular weight excluding hydrogens is 394 g/mol. The van der Waals surface area contributed by atoms with Gasteiger partial charge in [-0.3, -0.25) is 19.1 Å². The van der Waals surface area contributed by atoms with E-state index in [1.165, 1.54) is 0 Å². The summed E-state index contributed by atoms with van der Waals surface area (Å²) in [6.07, 6.45) is 3.85. The second-order valence-electron chi connectivity index (χ2n) is 6.30. The fraction of sp³-hybridized carbons (Fsp3) is 0.444. The number of anilines is 1. The van der Waals surface area contributed by atoms with Crippen LogP contribution in [-0.2, 0) is 17.9 Å². The third kappa shape index (κ3) is 5.15. The Bertz CT molecular complexity index is 937. The zero-order valence-electron chi connectivity index (χ0n) is 16.1. The van der Waals surface area contributed by atoms with Crippen LogP contribution in [0.3, 0.4) is 0 Å². The van der Waals surface area contributed by atoms with Gasteiger partial charge in [0.2, 0.25) is 5.91 Å². The highest BCUT2D eigenvalue weighted by atomic mass is 32.1. The van der Waals surface area contributed by atoms with E-state index in [0.29, 0.717) is 23.4 Å². The predicted octanol–water partition coefficient (Wildman–Crippen LogP) is 3.24. The molecule has 0 aliphatic rings. The Morgan fingerprint density at radius 2 is 2.18 bits per heavy atom. The van der Waals surface area contributed by atoms with Crippen LogP contribution in [0.25, 0.3) is 10.7 Å². The lowest BCUT2D eigenvalue weighted by atomic mass is 10.3. The quantitative estimate of drug-likeness (QED) is 0.493. The molecular formula is C18H25N7OS2. The molecule has 0 fully saturated rings. The first-order chi connectivity index (χ1) is 13.6. The van der Waals surface area contributed by atoms with Crippen LogP contribution in [0, 0.1) is 4.77 Å². The number of amides is 1. The zero-order valence-corrected chi connectivity index (χ0v) is 17.7. The summed E-state index contributed by atoms with van der Waals surface area (Å²) in [5.74, 6) is 0.681. The largest absolute Gasteiger partial charge is 0.323 e. The summed E-state index contributed by atoms with van der Waals surface area (Å²) in [6, 6.07) is 3.95. The van der Waals surface area contributed by atoms with E-state index in [1.807, 2.05) is 33.0 Å². The van der Waals surface area contributed by atoms with Crippen LogP contribution < -0.4 is 5.32 Å². The van der Waals surface area contributed by atoms with Gasteiger partial charge in [0.25, 0.3) is 0 Å². The molecule has 0 bridgehead atoms. The van der Waals surface area contributed by atoms with Crippen LogP contribution in [0.5, 0.6) is 0 Å². The van der Waals surface area contributed by atoms with Crippen LogP contribution >= 0.6 is 23.6 Å². The lowest BCUT2D eigenvalue weighted by Gasteiger charge is -2.17. The van der Waals surface area contributed by atoms with Crippen LogP contribution in [0.2, 0.25) is 0 Å². The topological polar surface area (TPSA) is 83.8 Å². The molecule has 0 spiro atoms. The summed E-state index contributed by atoms with van der Waals surface area (Å²) in [6.45, 7) is 8.53. The summed E-state index contributed by atoms with van der Waals surface area (Å²) < 4.78 is 4.23. The number of rotatable bonds is 10. The molecule has 3 aromatic heterocycles. The van der Waals surface area contributed by atoms with Crippen LogP contribution in [-0.4, -0.2) is 55.0 Å². The van der Waals surface area contributed by atoms with Crippen molar-refractivity contribution in [1.82, 2.24) is 29.4 Å². The predicted molar refractivity (Wildman–Crippen MR) is 114 cm³/mol. The van der Waals surface area contributed by atoms with Crippen molar-refractivity contribution in [3.8, 4) is 10.7 Å². The molecule has 3 rings (SSSR count). The van der Waals surface area contributed by atoms with E-state index in [-0.39, 0.29) is 5.91 Å². The molecule has 28 heavy (non-hydrogen) atoms. The molecule has 0 radical (unpaired) electrons. The maximum atomic E-state index is 12.4. The molecule has 0 atom stereocenters. The minimum atomic E-state index is -0.0801. The number of nitrogens with one attached hydrogen (secondary N) is 2. The Balaban J connectivity index is 1.53. The van der Waals surface area contributed by atoms with Gasteiger partial charge in [-0.2, -0.15) is 10.2 Å². The van der Waals surface area contributed by atoms with Crippen molar-refractivity contribution in [3.63, 3.8) is 0 Å². The number of carbonyl (C=O) groups is 1. The number of hydrogen-bond acceptors (Lipinski definition) is 6. The minimum Gasteiger partial charge on any atom is -0.323 e. The number of carbonyl (C=O) groups excluding carboxylic acids is 1. The summed E-state index contributed by atoms with van der Waals surface area (Å²) in [5, 5.41) is 16.3. The van der Waals surface area contributed by atoms with Crippen molar-refractivity contribution in [3.05, 3.63) is 34.7 Å². The molecule has 2 N–H and O–H groups in total. The average Bonchev–Trinajstić information content (AvgIpc) is 3.42. The van der Waals surface area contributed by atoms with Crippen LogP contribution in [0.15, 0.2) is 29.9 Å². The molecule has 3 heterocycles. The molecule has 0 unspecified atom stereocenters. The molecule has 0 saturated carbocycles. The minimum absolute atomic E-state index is 0.0801. The van der Waals surface area contributed by atoms with Crippen LogP contribution in [0.1, 0.15) is 20.3 Å². The second-order valence-corrected chi connectivity index (χ2v) is 7.63. The highest BCUT2D eigenvalue weighted by Gasteiger charge is 2.12. The van der Waals surface area contributed by atoms with Crippen molar-refractivity contribution >= 4 is 35.1 Å². The molecule has 1 amide bonds. The summed E-state index contributed by atoms with van der Waals surface area (Å²) in [7, 11) is 0. The van der Waals surface area contributed by atoms with Gasteiger partial charge in [0.05, 0.1) is 23.3 Å². The van der Waals surface area contributed by atoms with Gasteiger partial charge in [-0.15, -0.1) is 11.3 Å². The molecule has 3 aromatic rings. The van der Waals surface area contributed by atoms with E-state index in [0.717, 1.165) is 36.9 Å². The van der Waals surface area contributed by atoms with E-state index < -0.39 is 0 Å². The fourth-order valence-corrected chi connectivity index (χ4v) is 3.84. The SMILES string of the molecule is CCN(CC)CCn1cc(NC(=O)CCn2c(-c3cccs3)n[nH]c2=S)cn1. The van der Waals surface area contributed by atoms with Gasteiger partial charge in [0.15, 0.2) is 10.6 Å². The maximum absolute atomic E-state index is 12.4. The third-order valence-electron chi connectivity index (χ3n) is 4.52. The Labute approximate surface area is 173 Å². The highest BCUT2D eigenvalue weighted by Crippen LogP contribution is 2.23. The van der Waals surface area contributed by atoms with Crippen molar-refractivity contribution in [2.24, 2.45) is 0 Å². The number of H-pyrrole nitrogens is 1. The normalized spacial score (nSPS) is 11.2. The van der Waals surface area contributed by atoms with E-state index in [4.69, 9.17) is 12.2 Å². The maximum Gasteiger partial charge on any atom is 0.226 e. The molecule has 0 aromatic carbocycles. The number of hydrogen-bond donors (Lipinski definition) is 2. The lowest BCUT2D eigenvalue weighted by Crippen LogP contribution is -2.27. The monoisotopic (exact) mass is 419 g/mol. The van der Waals surface area contributed by atoms with Crippen LogP contribution in [0.4, 0.5) is 5.69 Å². The van der Waals surface area contributed by atoms with Gasteiger partial charge in [0.1, 0.15) is 0 Å². The number of likely N-dealkylation sites (N-methyl/N-ethyl adjacent to an activating group) is 1. The van der Waals surface area contributed by atoms with E-state index in [9.17, 15) is 4.79 Å². The fourth-order valence-electron chi connectivity index (χ4n) is 2.89. The standard InChI is InChI=1S/C18H25N7OS2/c1-3-23(4-2)9-10-24-13-14(12-19-24)20-16(26)7-8-25-17(21-22-18(25)27)15-6-5-11-28-15/h5-6,11-13H,3-4,7-10H2,1-2H3,(H,20,26)(H,22,27). The van der Waals surface area contributed by atoms with Gasteiger partial charge in [-0.05, 0) is 36.8 Å². The lowest BCUT2D eigenvalue weighted by molar-refractivity contribution is -0.116. The first-order valence-corrected chi connectivity index (χ1v) is 10.6. The smallest absolute Gasteiger partial charge is 0.226 e. The molecule has 0 saturated heterocycles. The van der Waals surface area contributed by atoms with Crippen molar-refractivity contribution in [2.75, 3.05) is 25.0 Å². The van der Waals surface area contributed by atoms with Gasteiger partial charge < -0.3 is 10.2 Å². The Kier molecular flexibility index (Phi) is 7.12. The second kappa shape index (κ2) is 9.76. The van der Waals surface area contributed by atoms with Gasteiger partial charge in [0, 0.05) is 25.7 Å². The third-order valence-corrected chi connectivity index (χ3v) is 5.70. The summed E-state index contributed by atoms with van der Waals surface area (Å²) in [4.78, 5) is 15.7. The van der Waals surface area contributed by atoms with Crippen molar-refractivity contribution in [1.29, 1.82) is 0 Å². The van der Waals surface area contributed by atoms with Crippen molar-refractivity contribution in [2.45, 2.75) is 33.4 Å². The Hall–Kier alpha value is -2.30. The van der Waals surface area contributed by atoms with E-state index in [1.54, 1.807) is 17.5 Å². The highest BCUT2D eigenvalue weighted by molar-refractivity contribution is 7.71. The first kappa shape index (κ1) is 20.4. The van der Waals surface area contributed by atoms with Gasteiger partial charge >= 0.3 is 0 Å². The molecule has 0 aliphatic heterocycles. The number of thiophene rings is 1. The molecule has 8 nitrogen and oxygen atoms in total. The average molecular weight is 420 g/mol. The molecule has 10 heteroatoms. The number of aromatic amines is 1. The first-order valence-electron chi connectivity index (χ1n) is 9.34. The van der Waals surface area contributed by atoms with Gasteiger partial charge in [-0.25, -0.2) is 0 Å². The number of aromatic nitrogens is 5. The van der Waals surface area contributed by atoms with E-state index in [2.05, 4.69) is 39.4 Å².